The number of pyridine rings is 1. The number of hydrogen-bond donors (Lipinski definition) is 3. The highest BCUT2D eigenvalue weighted by Gasteiger charge is 2.33. The molecule has 5 N–H and O–H groups in total. The summed E-state index contributed by atoms with van der Waals surface area (Å²) in [6.07, 6.45) is 3.32. The Morgan fingerprint density at radius 1 is 1.27 bits per heavy atom. The Bertz CT molecular complexity index is 1150. The molecule has 1 aliphatic heterocycles. The maximum Gasteiger partial charge on any atom is 0.341 e. The number of aromatic carboxylic acids is 1. The number of nitrogen functional groups attached to an aromatic ring is 1. The van der Waals surface area contributed by atoms with Crippen molar-refractivity contribution in [3.05, 3.63) is 45.0 Å². The van der Waals surface area contributed by atoms with Gasteiger partial charge in [-0.25, -0.2) is 18.0 Å². The van der Waals surface area contributed by atoms with Gasteiger partial charge in [-0.3, -0.25) is 4.79 Å². The number of fused-ring (bicyclic) bond motifs is 1. The van der Waals surface area contributed by atoms with Gasteiger partial charge >= 0.3 is 5.97 Å². The van der Waals surface area contributed by atoms with E-state index in [9.17, 15) is 19.1 Å². The summed E-state index contributed by atoms with van der Waals surface area (Å²) in [5.74, 6) is -4.18. The fourth-order valence-corrected chi connectivity index (χ4v) is 4.05. The van der Waals surface area contributed by atoms with Crippen molar-refractivity contribution in [1.82, 2.24) is 4.57 Å². The van der Waals surface area contributed by atoms with E-state index in [0.717, 1.165) is 6.20 Å². The van der Waals surface area contributed by atoms with E-state index >= 15 is 8.78 Å². The molecule has 0 amide bonds. The summed E-state index contributed by atoms with van der Waals surface area (Å²) in [7, 11) is 0. The van der Waals surface area contributed by atoms with E-state index in [1.807, 2.05) is 0 Å². The Balaban J connectivity index is 2.00. The fourth-order valence-electron chi connectivity index (χ4n) is 4.05. The van der Waals surface area contributed by atoms with Crippen molar-refractivity contribution in [2.45, 2.75) is 31.7 Å². The van der Waals surface area contributed by atoms with Gasteiger partial charge < -0.3 is 26.0 Å². The summed E-state index contributed by atoms with van der Waals surface area (Å²) in [5.41, 5.74) is 8.70. The zero-order chi connectivity index (χ0) is 21.7. The van der Waals surface area contributed by atoms with E-state index in [1.54, 1.807) is 0 Å². The van der Waals surface area contributed by atoms with Gasteiger partial charge in [0.15, 0.2) is 11.6 Å². The number of nitrogens with zero attached hydrogens (tertiary/aromatic N) is 2. The van der Waals surface area contributed by atoms with Crippen LogP contribution in [-0.4, -0.2) is 35.3 Å². The lowest BCUT2D eigenvalue weighted by Gasteiger charge is -2.32. The lowest BCUT2D eigenvalue weighted by molar-refractivity contribution is 0.0695. The second kappa shape index (κ2) is 7.35. The van der Waals surface area contributed by atoms with Gasteiger partial charge in [0.05, 0.1) is 16.6 Å². The molecule has 2 aliphatic rings. The number of carboxylic acids is 1. The van der Waals surface area contributed by atoms with Gasteiger partial charge in [0, 0.05) is 31.9 Å². The predicted octanol–water partition coefficient (Wildman–Crippen LogP) is 2.68. The number of carboxylic acid groups (broad SMARTS) is 1. The van der Waals surface area contributed by atoms with Crippen molar-refractivity contribution in [3.63, 3.8) is 0 Å². The van der Waals surface area contributed by atoms with Crippen LogP contribution in [0.15, 0.2) is 22.4 Å². The molecule has 0 bridgehead atoms. The molecule has 30 heavy (non-hydrogen) atoms. The summed E-state index contributed by atoms with van der Waals surface area (Å²) in [6.45, 7) is -0.0864. The molecule has 2 fully saturated rings. The first-order valence-electron chi connectivity index (χ1n) is 9.66. The molecule has 2 aromatic rings. The van der Waals surface area contributed by atoms with Crippen LogP contribution in [0.25, 0.3) is 10.9 Å². The number of carbonyl (C=O) groups is 1. The first kappa shape index (κ1) is 20.3. The number of halogens is 3. The van der Waals surface area contributed by atoms with Gasteiger partial charge in [0.2, 0.25) is 5.43 Å². The minimum Gasteiger partial charge on any atom is -0.477 e. The monoisotopic (exact) mass is 422 g/mol. The summed E-state index contributed by atoms with van der Waals surface area (Å²) in [4.78, 5) is 25.5. The van der Waals surface area contributed by atoms with Crippen molar-refractivity contribution in [3.8, 4) is 0 Å². The van der Waals surface area contributed by atoms with Gasteiger partial charge in [-0.2, -0.15) is 0 Å². The van der Waals surface area contributed by atoms with Crippen LogP contribution in [0.2, 0.25) is 0 Å². The molecule has 1 saturated heterocycles. The Labute approximate surface area is 169 Å². The number of nitrogens with two attached hydrogens (primary N) is 2. The zero-order valence-corrected chi connectivity index (χ0v) is 16.1. The highest BCUT2D eigenvalue weighted by molar-refractivity contribution is 5.99. The lowest BCUT2D eigenvalue weighted by atomic mass is 10.0. The van der Waals surface area contributed by atoms with E-state index in [-0.39, 0.29) is 31.2 Å². The van der Waals surface area contributed by atoms with Crippen molar-refractivity contribution >= 4 is 28.2 Å². The molecule has 0 atom stereocenters. The second-order valence-electron chi connectivity index (χ2n) is 7.67. The highest BCUT2D eigenvalue weighted by Crippen LogP contribution is 2.42. The van der Waals surface area contributed by atoms with E-state index in [1.165, 1.54) is 9.47 Å². The third kappa shape index (κ3) is 3.11. The van der Waals surface area contributed by atoms with Gasteiger partial charge in [0.25, 0.3) is 0 Å². The van der Waals surface area contributed by atoms with Crippen LogP contribution < -0.4 is 21.8 Å². The number of hydrogen-bond acceptors (Lipinski definition) is 5. The van der Waals surface area contributed by atoms with E-state index in [0.29, 0.717) is 31.3 Å². The third-order valence-corrected chi connectivity index (χ3v) is 5.70. The zero-order valence-electron chi connectivity index (χ0n) is 16.1. The van der Waals surface area contributed by atoms with Crippen LogP contribution in [0, 0.1) is 11.6 Å². The number of rotatable bonds is 4. The number of aromatic nitrogens is 1. The van der Waals surface area contributed by atoms with Crippen molar-refractivity contribution < 1.29 is 23.1 Å². The minimum absolute atomic E-state index is 0.0529. The molecule has 2 heterocycles. The third-order valence-electron chi connectivity index (χ3n) is 5.70. The predicted molar refractivity (Wildman–Crippen MR) is 106 cm³/mol. The van der Waals surface area contributed by atoms with Crippen LogP contribution in [0.1, 0.15) is 42.1 Å². The maximum atomic E-state index is 15.7. The van der Waals surface area contributed by atoms with Crippen molar-refractivity contribution in [2.24, 2.45) is 5.73 Å². The Morgan fingerprint density at radius 3 is 2.57 bits per heavy atom. The molecule has 1 saturated carbocycles. The Hall–Kier alpha value is -3.01. The molecule has 160 valence electrons. The van der Waals surface area contributed by atoms with Crippen LogP contribution in [-0.2, 0) is 0 Å². The van der Waals surface area contributed by atoms with Crippen LogP contribution >= 0.6 is 0 Å². The Morgan fingerprint density at radius 2 is 1.97 bits per heavy atom. The van der Waals surface area contributed by atoms with Gasteiger partial charge in [-0.05, 0) is 31.3 Å². The molecule has 0 spiro atoms. The molecule has 1 aromatic heterocycles. The molecule has 0 radical (unpaired) electrons. The molecule has 7 nitrogen and oxygen atoms in total. The maximum absolute atomic E-state index is 15.7. The fraction of sp³-hybridized carbons (Fsp3) is 0.400. The number of benzene rings is 1. The second-order valence-corrected chi connectivity index (χ2v) is 7.67. The first-order valence-corrected chi connectivity index (χ1v) is 9.66. The van der Waals surface area contributed by atoms with Gasteiger partial charge in [-0.15, -0.1) is 0 Å². The Kier molecular flexibility index (Phi) is 4.97. The lowest BCUT2D eigenvalue weighted by Crippen LogP contribution is -2.34. The smallest absolute Gasteiger partial charge is 0.341 e. The van der Waals surface area contributed by atoms with Crippen molar-refractivity contribution in [1.29, 1.82) is 0 Å². The molecule has 1 aromatic carbocycles. The average Bonchev–Trinajstić information content (AvgIpc) is 3.56. The molecular formula is C20H21F3N4O3. The number of piperidine rings is 1. The molecule has 1 aliphatic carbocycles. The summed E-state index contributed by atoms with van der Waals surface area (Å²) in [5, 5.41) is 8.86. The van der Waals surface area contributed by atoms with Gasteiger partial charge in [-0.1, -0.05) is 0 Å². The van der Waals surface area contributed by atoms with Gasteiger partial charge in [0.1, 0.15) is 17.1 Å². The van der Waals surface area contributed by atoms with Crippen LogP contribution in [0.5, 0.6) is 0 Å². The molecule has 10 heteroatoms. The first-order chi connectivity index (χ1) is 14.3. The standard InChI is InChI=1S/C20H21F3N4O3/c21-12(6-24)9-2-1-5-26(7-9)18-14(22)16(25)13-17(15(18)23)27(10-3-4-10)8-11(19(13)28)20(29)30/h8,10H,1-7,24-25H2,(H,29,30)/b12-9-. The number of anilines is 2. The van der Waals surface area contributed by atoms with E-state index in [4.69, 9.17) is 11.5 Å². The molecular weight excluding hydrogens is 401 g/mol. The largest absolute Gasteiger partial charge is 0.477 e. The van der Waals surface area contributed by atoms with Crippen LogP contribution in [0.3, 0.4) is 0 Å². The highest BCUT2D eigenvalue weighted by atomic mass is 19.1. The summed E-state index contributed by atoms with van der Waals surface area (Å²) >= 11 is 0. The molecule has 0 unspecified atom stereocenters. The van der Waals surface area contributed by atoms with Crippen molar-refractivity contribution in [2.75, 3.05) is 30.3 Å². The minimum atomic E-state index is -1.50. The SMILES string of the molecule is NC/C(F)=C1\CCCN(c2c(F)c(N)c3c(=O)c(C(=O)O)cn(C4CC4)c3c2F)C1. The molecule has 4 rings (SSSR count). The normalized spacial score (nSPS) is 18.7. The summed E-state index contributed by atoms with van der Waals surface area (Å²) in [6, 6.07) is -0.204. The topological polar surface area (TPSA) is 115 Å². The quantitative estimate of drug-likeness (QED) is 0.653. The summed E-state index contributed by atoms with van der Waals surface area (Å²) < 4.78 is 46.3. The average molecular weight is 422 g/mol. The van der Waals surface area contributed by atoms with E-state index < -0.39 is 51.2 Å². The van der Waals surface area contributed by atoms with Crippen LogP contribution in [0.4, 0.5) is 24.5 Å². The van der Waals surface area contributed by atoms with E-state index in [2.05, 4.69) is 0 Å².